The molecule has 0 aliphatic carbocycles. The second kappa shape index (κ2) is 6.99. The van der Waals surface area contributed by atoms with E-state index in [-0.39, 0.29) is 18.2 Å². The molecule has 1 atom stereocenters. The molecular formula is C21H16F3N3O. The summed E-state index contributed by atoms with van der Waals surface area (Å²) in [7, 11) is 0. The van der Waals surface area contributed by atoms with Crippen molar-refractivity contribution in [2.24, 2.45) is 5.73 Å². The second-order valence-electron chi connectivity index (χ2n) is 6.60. The van der Waals surface area contributed by atoms with Gasteiger partial charge in [0.05, 0.1) is 11.7 Å². The van der Waals surface area contributed by atoms with Crippen LogP contribution in [0, 0.1) is 17.5 Å². The van der Waals surface area contributed by atoms with Crippen molar-refractivity contribution in [2.45, 2.75) is 19.0 Å². The van der Waals surface area contributed by atoms with Crippen molar-refractivity contribution >= 4 is 11.6 Å². The van der Waals surface area contributed by atoms with Gasteiger partial charge in [0.2, 0.25) is 5.91 Å². The summed E-state index contributed by atoms with van der Waals surface area (Å²) in [5.74, 6) is -4.52. The van der Waals surface area contributed by atoms with Crippen LogP contribution in [-0.2, 0) is 13.0 Å². The van der Waals surface area contributed by atoms with Gasteiger partial charge >= 0.3 is 0 Å². The fourth-order valence-corrected chi connectivity index (χ4v) is 3.66. The molecule has 0 bridgehead atoms. The van der Waals surface area contributed by atoms with Crippen LogP contribution in [0.4, 0.5) is 18.9 Å². The first-order valence-electron chi connectivity index (χ1n) is 8.69. The van der Waals surface area contributed by atoms with E-state index in [2.05, 4.69) is 4.98 Å². The van der Waals surface area contributed by atoms with Crippen LogP contribution in [0.15, 0.2) is 54.7 Å². The van der Waals surface area contributed by atoms with E-state index >= 15 is 0 Å². The van der Waals surface area contributed by atoms with E-state index < -0.39 is 23.4 Å². The molecule has 1 aliphatic rings. The van der Waals surface area contributed by atoms with E-state index in [1.165, 1.54) is 6.07 Å². The average Bonchev–Trinajstić information content (AvgIpc) is 3.07. The van der Waals surface area contributed by atoms with Gasteiger partial charge in [-0.1, -0.05) is 18.2 Å². The molecule has 142 valence electrons. The molecule has 4 rings (SSSR count). The van der Waals surface area contributed by atoms with Crippen LogP contribution in [0.25, 0.3) is 0 Å². The summed E-state index contributed by atoms with van der Waals surface area (Å²) < 4.78 is 41.3. The molecule has 28 heavy (non-hydrogen) atoms. The fraction of sp³-hybridized carbons (Fsp3) is 0.143. The van der Waals surface area contributed by atoms with Crippen molar-refractivity contribution in [1.29, 1.82) is 0 Å². The van der Waals surface area contributed by atoms with Gasteiger partial charge in [-0.05, 0) is 35.9 Å². The van der Waals surface area contributed by atoms with Crippen molar-refractivity contribution in [3.05, 3.63) is 94.6 Å². The van der Waals surface area contributed by atoms with Gasteiger partial charge in [0.15, 0.2) is 17.5 Å². The minimum absolute atomic E-state index is 0.0113. The van der Waals surface area contributed by atoms with Gasteiger partial charge in [0.1, 0.15) is 0 Å². The fourth-order valence-electron chi connectivity index (χ4n) is 3.66. The minimum Gasteiger partial charge on any atom is -0.366 e. The lowest BCUT2D eigenvalue weighted by atomic mass is 10.0. The van der Waals surface area contributed by atoms with E-state index in [0.717, 1.165) is 17.3 Å². The van der Waals surface area contributed by atoms with Crippen LogP contribution < -0.4 is 10.6 Å². The molecule has 0 saturated heterocycles. The number of nitrogens with zero attached hydrogens (tertiary/aromatic N) is 2. The maximum absolute atomic E-state index is 14.3. The number of nitrogens with two attached hydrogens (primary N) is 1. The number of primary amides is 1. The Kier molecular flexibility index (Phi) is 4.50. The van der Waals surface area contributed by atoms with Gasteiger partial charge in [-0.15, -0.1) is 0 Å². The number of halogens is 3. The molecule has 1 amide bonds. The molecule has 0 saturated carbocycles. The molecule has 2 aromatic carbocycles. The van der Waals surface area contributed by atoms with Gasteiger partial charge < -0.3 is 10.6 Å². The predicted molar refractivity (Wildman–Crippen MR) is 98.1 cm³/mol. The molecule has 7 heteroatoms. The summed E-state index contributed by atoms with van der Waals surface area (Å²) in [6.07, 6.45) is 2.08. The smallest absolute Gasteiger partial charge is 0.249 e. The Hall–Kier alpha value is -3.35. The molecule has 0 fully saturated rings. The molecular weight excluding hydrogens is 367 g/mol. The topological polar surface area (TPSA) is 59.2 Å². The van der Waals surface area contributed by atoms with Crippen LogP contribution in [0.1, 0.15) is 33.2 Å². The third-order valence-corrected chi connectivity index (χ3v) is 4.98. The average molecular weight is 383 g/mol. The van der Waals surface area contributed by atoms with Gasteiger partial charge in [0, 0.05) is 36.0 Å². The van der Waals surface area contributed by atoms with E-state index in [4.69, 9.17) is 5.73 Å². The SMILES string of the molecule is NC(=O)c1cccc2c1CC(c1ccccn1)N2Cc1ccc(F)c(F)c1F. The first-order chi connectivity index (χ1) is 13.5. The molecule has 0 spiro atoms. The standard InChI is InChI=1S/C21H16F3N3O/c22-15-8-7-12(19(23)20(15)24)11-27-17-6-3-4-13(21(25)28)14(17)10-18(27)16-5-1-2-9-26-16/h1-9,18H,10-11H2,(H2,25,28). The van der Waals surface area contributed by atoms with Crippen LogP contribution in [0.2, 0.25) is 0 Å². The number of carbonyl (C=O) groups excluding carboxylic acids is 1. The number of rotatable bonds is 4. The maximum Gasteiger partial charge on any atom is 0.249 e. The van der Waals surface area contributed by atoms with Crippen molar-refractivity contribution < 1.29 is 18.0 Å². The lowest BCUT2D eigenvalue weighted by Crippen LogP contribution is -2.26. The highest BCUT2D eigenvalue weighted by atomic mass is 19.2. The second-order valence-corrected chi connectivity index (χ2v) is 6.60. The zero-order valence-electron chi connectivity index (χ0n) is 14.7. The Balaban J connectivity index is 1.81. The Morgan fingerprint density at radius 3 is 2.61 bits per heavy atom. The lowest BCUT2D eigenvalue weighted by Gasteiger charge is -2.27. The van der Waals surface area contributed by atoms with E-state index in [9.17, 15) is 18.0 Å². The lowest BCUT2D eigenvalue weighted by molar-refractivity contribution is 0.0999. The van der Waals surface area contributed by atoms with E-state index in [0.29, 0.717) is 17.7 Å². The number of hydrogen-bond acceptors (Lipinski definition) is 3. The highest BCUT2D eigenvalue weighted by Gasteiger charge is 2.34. The zero-order chi connectivity index (χ0) is 19.8. The molecule has 1 aromatic heterocycles. The number of fused-ring (bicyclic) bond motifs is 1. The summed E-state index contributed by atoms with van der Waals surface area (Å²) in [6.45, 7) is -0.0144. The Bertz CT molecular complexity index is 1060. The number of benzene rings is 2. The minimum atomic E-state index is -1.50. The van der Waals surface area contributed by atoms with Crippen LogP contribution >= 0.6 is 0 Å². The van der Waals surface area contributed by atoms with Crippen molar-refractivity contribution in [2.75, 3.05) is 4.90 Å². The highest BCUT2D eigenvalue weighted by Crippen LogP contribution is 2.42. The summed E-state index contributed by atoms with van der Waals surface area (Å²) in [6, 6.07) is 12.4. The highest BCUT2D eigenvalue weighted by molar-refractivity contribution is 5.96. The quantitative estimate of drug-likeness (QED) is 0.695. The number of hydrogen-bond donors (Lipinski definition) is 1. The van der Waals surface area contributed by atoms with Crippen LogP contribution in [0.5, 0.6) is 0 Å². The molecule has 3 aromatic rings. The van der Waals surface area contributed by atoms with Gasteiger partial charge in [-0.3, -0.25) is 9.78 Å². The summed E-state index contributed by atoms with van der Waals surface area (Å²) in [5.41, 5.74) is 8.04. The summed E-state index contributed by atoms with van der Waals surface area (Å²) in [5, 5.41) is 0. The van der Waals surface area contributed by atoms with Gasteiger partial charge in [-0.25, -0.2) is 13.2 Å². The normalized spacial score (nSPS) is 15.5. The van der Waals surface area contributed by atoms with Crippen LogP contribution in [0.3, 0.4) is 0 Å². The summed E-state index contributed by atoms with van der Waals surface area (Å²) >= 11 is 0. The molecule has 1 aliphatic heterocycles. The number of amides is 1. The number of aromatic nitrogens is 1. The Labute approximate surface area is 159 Å². The Morgan fingerprint density at radius 2 is 1.89 bits per heavy atom. The molecule has 4 nitrogen and oxygen atoms in total. The monoisotopic (exact) mass is 383 g/mol. The molecule has 2 N–H and O–H groups in total. The predicted octanol–water partition coefficient (Wildman–Crippen LogP) is 3.90. The number of anilines is 1. The van der Waals surface area contributed by atoms with E-state index in [1.54, 1.807) is 30.5 Å². The van der Waals surface area contributed by atoms with Gasteiger partial charge in [-0.2, -0.15) is 0 Å². The Morgan fingerprint density at radius 1 is 1.07 bits per heavy atom. The van der Waals surface area contributed by atoms with Crippen molar-refractivity contribution in [3.63, 3.8) is 0 Å². The molecule has 0 radical (unpaired) electrons. The summed E-state index contributed by atoms with van der Waals surface area (Å²) in [4.78, 5) is 18.1. The third kappa shape index (κ3) is 2.98. The van der Waals surface area contributed by atoms with Gasteiger partial charge in [0.25, 0.3) is 0 Å². The van der Waals surface area contributed by atoms with E-state index in [1.807, 2.05) is 17.0 Å². The zero-order valence-corrected chi connectivity index (χ0v) is 14.7. The largest absolute Gasteiger partial charge is 0.366 e. The number of carbonyl (C=O) groups is 1. The van der Waals surface area contributed by atoms with Crippen molar-refractivity contribution in [3.8, 4) is 0 Å². The molecule has 2 heterocycles. The first-order valence-corrected chi connectivity index (χ1v) is 8.69. The number of pyridine rings is 1. The molecule has 1 unspecified atom stereocenters. The van der Waals surface area contributed by atoms with Crippen LogP contribution in [-0.4, -0.2) is 10.9 Å². The van der Waals surface area contributed by atoms with Crippen molar-refractivity contribution in [1.82, 2.24) is 4.98 Å². The third-order valence-electron chi connectivity index (χ3n) is 4.98. The maximum atomic E-state index is 14.3. The first kappa shape index (κ1) is 18.0.